The number of nitrogens with one attached hydrogen (secondary N) is 1. The molecule has 0 saturated carbocycles. The zero-order chi connectivity index (χ0) is 9.80. The van der Waals surface area contributed by atoms with Crippen molar-refractivity contribution in [2.24, 2.45) is 0 Å². The van der Waals surface area contributed by atoms with E-state index >= 15 is 0 Å². The van der Waals surface area contributed by atoms with Gasteiger partial charge in [0.25, 0.3) is 0 Å². The molecular weight excluding hydrogens is 182 g/mol. The average molecular weight is 193 g/mol. The van der Waals surface area contributed by atoms with Crippen molar-refractivity contribution < 1.29 is 4.52 Å². The summed E-state index contributed by atoms with van der Waals surface area (Å²) in [6, 6.07) is 1.81. The molecule has 2 aromatic heterocycles. The minimum atomic E-state index is 0.591. The zero-order valence-electron chi connectivity index (χ0n) is 7.84. The summed E-state index contributed by atoms with van der Waals surface area (Å²) in [5.41, 5.74) is 0. The molecule has 0 unspecified atom stereocenters. The van der Waals surface area contributed by atoms with Gasteiger partial charge in [-0.25, -0.2) is 4.68 Å². The van der Waals surface area contributed by atoms with Crippen LogP contribution in [-0.4, -0.2) is 20.2 Å². The van der Waals surface area contributed by atoms with Crippen molar-refractivity contribution >= 4 is 5.82 Å². The highest BCUT2D eigenvalue weighted by molar-refractivity contribution is 5.31. The number of rotatable bonds is 4. The molecule has 74 valence electrons. The highest BCUT2D eigenvalue weighted by atomic mass is 16.5. The molecule has 0 bridgehead atoms. The predicted octanol–water partition coefficient (Wildman–Crippen LogP) is 0.898. The molecule has 1 N–H and O–H groups in total. The van der Waals surface area contributed by atoms with E-state index in [1.807, 2.05) is 13.0 Å². The Morgan fingerprint density at radius 3 is 3.21 bits per heavy atom. The highest BCUT2D eigenvalue weighted by Gasteiger charge is 2.02. The third kappa shape index (κ3) is 1.73. The van der Waals surface area contributed by atoms with Gasteiger partial charge >= 0.3 is 0 Å². The van der Waals surface area contributed by atoms with Crippen LogP contribution >= 0.6 is 0 Å². The van der Waals surface area contributed by atoms with Crippen molar-refractivity contribution in [3.05, 3.63) is 24.2 Å². The summed E-state index contributed by atoms with van der Waals surface area (Å²) in [5.74, 6) is 1.66. The second-order valence-corrected chi connectivity index (χ2v) is 2.77. The van der Waals surface area contributed by atoms with E-state index in [1.165, 1.54) is 0 Å². The van der Waals surface area contributed by atoms with Crippen molar-refractivity contribution in [1.29, 1.82) is 0 Å². The topological polar surface area (TPSA) is 68.8 Å². The Balaban J connectivity index is 1.98. The van der Waals surface area contributed by atoms with E-state index in [0.717, 1.165) is 18.1 Å². The predicted molar refractivity (Wildman–Crippen MR) is 49.5 cm³/mol. The minimum Gasteiger partial charge on any atom is -0.362 e. The fourth-order valence-electron chi connectivity index (χ4n) is 1.14. The first-order valence-electron chi connectivity index (χ1n) is 4.42. The third-order valence-electron chi connectivity index (χ3n) is 1.85. The molecule has 6 heteroatoms. The second-order valence-electron chi connectivity index (χ2n) is 2.77. The monoisotopic (exact) mass is 193 g/mol. The van der Waals surface area contributed by atoms with Crippen molar-refractivity contribution in [3.8, 4) is 0 Å². The van der Waals surface area contributed by atoms with Gasteiger partial charge in [-0.1, -0.05) is 10.4 Å². The normalized spacial score (nSPS) is 10.4. The van der Waals surface area contributed by atoms with Crippen LogP contribution in [0.4, 0.5) is 5.82 Å². The largest absolute Gasteiger partial charge is 0.362 e. The maximum Gasteiger partial charge on any atom is 0.155 e. The molecule has 0 aromatic carbocycles. The Labute approximate surface area is 80.9 Å². The fraction of sp³-hybridized carbons (Fsp3) is 0.375. The van der Waals surface area contributed by atoms with Crippen LogP contribution in [0.2, 0.25) is 0 Å². The van der Waals surface area contributed by atoms with Gasteiger partial charge in [-0.15, -0.1) is 5.10 Å². The molecule has 0 amide bonds. The van der Waals surface area contributed by atoms with Crippen LogP contribution < -0.4 is 5.32 Å². The van der Waals surface area contributed by atoms with Crippen LogP contribution in [0, 0.1) is 0 Å². The van der Waals surface area contributed by atoms with Crippen molar-refractivity contribution in [1.82, 2.24) is 20.2 Å². The zero-order valence-corrected chi connectivity index (χ0v) is 7.84. The molecular formula is C8H11N5O. The summed E-state index contributed by atoms with van der Waals surface area (Å²) in [6.45, 7) is 3.39. The van der Waals surface area contributed by atoms with Gasteiger partial charge in [0.1, 0.15) is 5.82 Å². The fourth-order valence-corrected chi connectivity index (χ4v) is 1.14. The first-order chi connectivity index (χ1) is 6.90. The molecule has 2 aromatic rings. The number of hydrogen-bond acceptors (Lipinski definition) is 5. The lowest BCUT2D eigenvalue weighted by Gasteiger charge is -2.03. The van der Waals surface area contributed by atoms with Gasteiger partial charge < -0.3 is 9.84 Å². The standard InChI is InChI=1S/C8H11N5O/c1-2-13-8(6-10-12-13)9-5-7-3-4-11-14-7/h3-4,6,9H,2,5H2,1H3. The highest BCUT2D eigenvalue weighted by Crippen LogP contribution is 2.06. The van der Waals surface area contributed by atoms with E-state index in [-0.39, 0.29) is 0 Å². The van der Waals surface area contributed by atoms with Crippen LogP contribution in [-0.2, 0) is 13.1 Å². The van der Waals surface area contributed by atoms with Gasteiger partial charge in [-0.2, -0.15) is 0 Å². The number of aromatic nitrogens is 4. The SMILES string of the molecule is CCn1nncc1NCc1ccno1. The lowest BCUT2D eigenvalue weighted by atomic mass is 10.4. The quantitative estimate of drug-likeness (QED) is 0.781. The molecule has 0 aliphatic heterocycles. The van der Waals surface area contributed by atoms with Gasteiger partial charge in [0, 0.05) is 12.6 Å². The molecule has 0 saturated heterocycles. The number of hydrogen-bond donors (Lipinski definition) is 1. The molecule has 2 heterocycles. The average Bonchev–Trinajstić information content (AvgIpc) is 2.85. The molecule has 0 atom stereocenters. The molecule has 14 heavy (non-hydrogen) atoms. The molecule has 0 radical (unpaired) electrons. The summed E-state index contributed by atoms with van der Waals surface area (Å²) in [4.78, 5) is 0. The van der Waals surface area contributed by atoms with Crippen molar-refractivity contribution in [3.63, 3.8) is 0 Å². The number of aryl methyl sites for hydroxylation is 1. The Kier molecular flexibility index (Phi) is 2.44. The van der Waals surface area contributed by atoms with E-state index in [2.05, 4.69) is 20.8 Å². The van der Waals surface area contributed by atoms with E-state index in [1.54, 1.807) is 17.1 Å². The van der Waals surface area contributed by atoms with E-state index in [4.69, 9.17) is 4.52 Å². The van der Waals surface area contributed by atoms with Gasteiger partial charge in [-0.05, 0) is 6.92 Å². The van der Waals surface area contributed by atoms with Crippen molar-refractivity contribution in [2.45, 2.75) is 20.0 Å². The Hall–Kier alpha value is -1.85. The van der Waals surface area contributed by atoms with Crippen LogP contribution in [0.5, 0.6) is 0 Å². The lowest BCUT2D eigenvalue weighted by molar-refractivity contribution is 0.387. The molecule has 2 rings (SSSR count). The molecule has 6 nitrogen and oxygen atoms in total. The lowest BCUT2D eigenvalue weighted by Crippen LogP contribution is -2.06. The van der Waals surface area contributed by atoms with Crippen LogP contribution in [0.3, 0.4) is 0 Å². The Bertz CT molecular complexity index is 380. The van der Waals surface area contributed by atoms with Gasteiger partial charge in [0.05, 0.1) is 18.9 Å². The van der Waals surface area contributed by atoms with Gasteiger partial charge in [-0.3, -0.25) is 0 Å². The first kappa shape index (κ1) is 8.74. The first-order valence-corrected chi connectivity index (χ1v) is 4.42. The molecule has 0 aliphatic rings. The van der Waals surface area contributed by atoms with Crippen LogP contribution in [0.1, 0.15) is 12.7 Å². The summed E-state index contributed by atoms with van der Waals surface area (Å²) in [6.07, 6.45) is 3.30. The summed E-state index contributed by atoms with van der Waals surface area (Å²) in [7, 11) is 0. The summed E-state index contributed by atoms with van der Waals surface area (Å²) >= 11 is 0. The number of nitrogens with zero attached hydrogens (tertiary/aromatic N) is 4. The van der Waals surface area contributed by atoms with Gasteiger partial charge in [0.15, 0.2) is 5.76 Å². The van der Waals surface area contributed by atoms with Crippen LogP contribution in [0.15, 0.2) is 23.0 Å². The molecule has 0 spiro atoms. The molecule has 0 aliphatic carbocycles. The summed E-state index contributed by atoms with van der Waals surface area (Å²) < 4.78 is 6.72. The number of anilines is 1. The third-order valence-corrected chi connectivity index (χ3v) is 1.85. The second kappa shape index (κ2) is 3.91. The van der Waals surface area contributed by atoms with Gasteiger partial charge in [0.2, 0.25) is 0 Å². The van der Waals surface area contributed by atoms with Crippen molar-refractivity contribution in [2.75, 3.05) is 5.32 Å². The molecule has 0 fully saturated rings. The maximum atomic E-state index is 4.94. The Morgan fingerprint density at radius 1 is 1.57 bits per heavy atom. The minimum absolute atomic E-state index is 0.591. The van der Waals surface area contributed by atoms with Crippen LogP contribution in [0.25, 0.3) is 0 Å². The smallest absolute Gasteiger partial charge is 0.155 e. The Morgan fingerprint density at radius 2 is 2.50 bits per heavy atom. The van der Waals surface area contributed by atoms with E-state index < -0.39 is 0 Å². The van der Waals surface area contributed by atoms with E-state index in [0.29, 0.717) is 6.54 Å². The summed E-state index contributed by atoms with van der Waals surface area (Å²) in [5, 5.41) is 14.5. The van der Waals surface area contributed by atoms with E-state index in [9.17, 15) is 0 Å². The maximum absolute atomic E-state index is 4.94.